The van der Waals surface area contributed by atoms with Gasteiger partial charge in [0.05, 0.1) is 0 Å². The van der Waals surface area contributed by atoms with Crippen LogP contribution < -0.4 is 5.73 Å². The molecule has 0 aromatic carbocycles. The SMILES string of the molecule is CC(C)C(N)C(=O)OS. The molecule has 0 fully saturated rings. The van der Waals surface area contributed by atoms with E-state index in [1.807, 2.05) is 13.8 Å². The predicted molar refractivity (Wildman–Crippen MR) is 37.9 cm³/mol. The van der Waals surface area contributed by atoms with Gasteiger partial charge in [-0.3, -0.25) is 0 Å². The highest BCUT2D eigenvalue weighted by molar-refractivity contribution is 7.75. The Morgan fingerprint density at radius 2 is 2.11 bits per heavy atom. The smallest absolute Gasteiger partial charge is 0.334 e. The highest BCUT2D eigenvalue weighted by Crippen LogP contribution is 2.00. The summed E-state index contributed by atoms with van der Waals surface area (Å²) in [6.45, 7) is 3.69. The molecule has 0 rings (SSSR count). The molecular formula is C5H11NO2S. The van der Waals surface area contributed by atoms with Crippen molar-refractivity contribution >= 4 is 18.9 Å². The lowest BCUT2D eigenvalue weighted by Crippen LogP contribution is -2.35. The number of rotatable bonds is 2. The number of carbonyl (C=O) groups is 1. The van der Waals surface area contributed by atoms with E-state index in [9.17, 15) is 4.79 Å². The summed E-state index contributed by atoms with van der Waals surface area (Å²) in [6.07, 6.45) is 0. The normalized spacial score (nSPS) is 13.4. The summed E-state index contributed by atoms with van der Waals surface area (Å²) < 4.78 is 4.10. The molecule has 0 heterocycles. The van der Waals surface area contributed by atoms with E-state index in [1.165, 1.54) is 0 Å². The van der Waals surface area contributed by atoms with Gasteiger partial charge >= 0.3 is 5.97 Å². The zero-order valence-electron chi connectivity index (χ0n) is 5.50. The summed E-state index contributed by atoms with van der Waals surface area (Å²) in [5.74, 6) is -0.377. The summed E-state index contributed by atoms with van der Waals surface area (Å²) in [6, 6.07) is -0.553. The summed E-state index contributed by atoms with van der Waals surface area (Å²) in [5.41, 5.74) is 5.35. The topological polar surface area (TPSA) is 52.3 Å². The van der Waals surface area contributed by atoms with Gasteiger partial charge in [0.1, 0.15) is 6.04 Å². The molecule has 0 aliphatic carbocycles. The first-order valence-electron chi connectivity index (χ1n) is 2.70. The van der Waals surface area contributed by atoms with E-state index in [2.05, 4.69) is 17.1 Å². The third-order valence-electron chi connectivity index (χ3n) is 1.08. The highest BCUT2D eigenvalue weighted by Gasteiger charge is 2.17. The van der Waals surface area contributed by atoms with Crippen molar-refractivity contribution in [2.45, 2.75) is 19.9 Å². The number of nitrogens with two attached hydrogens (primary N) is 1. The molecule has 1 unspecified atom stereocenters. The summed E-state index contributed by atoms with van der Waals surface area (Å²) in [4.78, 5) is 10.5. The second-order valence-corrected chi connectivity index (χ2v) is 2.36. The third kappa shape index (κ3) is 2.72. The Kier molecular flexibility index (Phi) is 3.65. The Balaban J connectivity index is 3.72. The van der Waals surface area contributed by atoms with E-state index >= 15 is 0 Å². The molecular weight excluding hydrogens is 138 g/mol. The number of hydrogen-bond acceptors (Lipinski definition) is 4. The Hall–Kier alpha value is -0.220. The average molecular weight is 149 g/mol. The Labute approximate surface area is 60.2 Å². The van der Waals surface area contributed by atoms with Crippen molar-refractivity contribution in [1.82, 2.24) is 0 Å². The molecule has 9 heavy (non-hydrogen) atoms. The van der Waals surface area contributed by atoms with Gasteiger partial charge in [-0.05, 0) is 5.92 Å². The van der Waals surface area contributed by atoms with Crippen LogP contribution in [0.25, 0.3) is 0 Å². The largest absolute Gasteiger partial charge is 0.393 e. The van der Waals surface area contributed by atoms with E-state index < -0.39 is 12.0 Å². The van der Waals surface area contributed by atoms with Crippen LogP contribution in [0.4, 0.5) is 0 Å². The molecule has 0 bridgehead atoms. The molecule has 4 heteroatoms. The Morgan fingerprint density at radius 3 is 2.22 bits per heavy atom. The van der Waals surface area contributed by atoms with E-state index in [0.717, 1.165) is 0 Å². The van der Waals surface area contributed by atoms with Crippen molar-refractivity contribution in [1.29, 1.82) is 0 Å². The van der Waals surface area contributed by atoms with Crippen LogP contribution >= 0.6 is 12.9 Å². The number of carbonyl (C=O) groups excluding carboxylic acids is 1. The molecule has 0 aromatic rings. The van der Waals surface area contributed by atoms with Gasteiger partial charge in [-0.2, -0.15) is 0 Å². The fourth-order valence-electron chi connectivity index (χ4n) is 0.333. The molecule has 54 valence electrons. The monoisotopic (exact) mass is 149 g/mol. The molecule has 0 spiro atoms. The van der Waals surface area contributed by atoms with Gasteiger partial charge in [0.25, 0.3) is 0 Å². The van der Waals surface area contributed by atoms with Gasteiger partial charge in [-0.1, -0.05) is 13.8 Å². The predicted octanol–water partition coefficient (Wildman–Crippen LogP) is 0.358. The minimum Gasteiger partial charge on any atom is -0.393 e. The van der Waals surface area contributed by atoms with Crippen LogP contribution in [0.15, 0.2) is 0 Å². The lowest BCUT2D eigenvalue weighted by molar-refractivity contribution is -0.135. The van der Waals surface area contributed by atoms with Crippen LogP contribution in [0.1, 0.15) is 13.8 Å². The first-order valence-corrected chi connectivity index (χ1v) is 3.07. The molecule has 1 atom stereocenters. The van der Waals surface area contributed by atoms with Crippen molar-refractivity contribution < 1.29 is 8.98 Å². The second-order valence-electron chi connectivity index (χ2n) is 2.18. The maximum Gasteiger partial charge on any atom is 0.334 e. The van der Waals surface area contributed by atoms with Crippen LogP contribution in [0.3, 0.4) is 0 Å². The highest BCUT2D eigenvalue weighted by atomic mass is 32.1. The van der Waals surface area contributed by atoms with Crippen LogP contribution in [-0.2, 0) is 8.98 Å². The fraction of sp³-hybridized carbons (Fsp3) is 0.800. The zero-order valence-corrected chi connectivity index (χ0v) is 6.39. The average Bonchev–Trinajstić information content (AvgIpc) is 1.84. The van der Waals surface area contributed by atoms with Gasteiger partial charge in [0, 0.05) is 12.9 Å². The summed E-state index contributed by atoms with van der Waals surface area (Å²) in [7, 11) is 0. The lowest BCUT2D eigenvalue weighted by Gasteiger charge is -2.10. The standard InChI is InChI=1S/C5H11NO2S/c1-3(2)4(6)5(7)8-9/h3-4,9H,6H2,1-2H3. The van der Waals surface area contributed by atoms with Gasteiger partial charge in [-0.25, -0.2) is 4.79 Å². The lowest BCUT2D eigenvalue weighted by atomic mass is 10.1. The van der Waals surface area contributed by atoms with Crippen LogP contribution in [-0.4, -0.2) is 12.0 Å². The maximum absolute atomic E-state index is 10.5. The van der Waals surface area contributed by atoms with Gasteiger partial charge in [0.15, 0.2) is 0 Å². The minimum atomic E-state index is -0.553. The second kappa shape index (κ2) is 3.74. The molecule has 0 aromatic heterocycles. The van der Waals surface area contributed by atoms with E-state index in [0.29, 0.717) is 0 Å². The van der Waals surface area contributed by atoms with Gasteiger partial charge in [-0.15, -0.1) is 0 Å². The Morgan fingerprint density at radius 1 is 1.67 bits per heavy atom. The van der Waals surface area contributed by atoms with E-state index in [-0.39, 0.29) is 5.92 Å². The van der Waals surface area contributed by atoms with Crippen molar-refractivity contribution in [2.24, 2.45) is 11.7 Å². The first kappa shape index (κ1) is 8.78. The van der Waals surface area contributed by atoms with Crippen molar-refractivity contribution in [3.63, 3.8) is 0 Å². The van der Waals surface area contributed by atoms with E-state index in [1.54, 1.807) is 0 Å². The molecule has 0 amide bonds. The molecule has 0 aliphatic heterocycles. The minimum absolute atomic E-state index is 0.102. The molecule has 0 saturated carbocycles. The first-order chi connectivity index (χ1) is 4.09. The molecule has 3 nitrogen and oxygen atoms in total. The summed E-state index contributed by atoms with van der Waals surface area (Å²) in [5, 5.41) is 0. The van der Waals surface area contributed by atoms with Gasteiger partial charge < -0.3 is 9.92 Å². The third-order valence-corrected chi connectivity index (χ3v) is 1.26. The molecule has 0 aliphatic rings. The number of thiol groups is 1. The van der Waals surface area contributed by atoms with Gasteiger partial charge in [0.2, 0.25) is 0 Å². The Bertz CT molecular complexity index is 105. The van der Waals surface area contributed by atoms with Crippen molar-refractivity contribution in [2.75, 3.05) is 0 Å². The van der Waals surface area contributed by atoms with Crippen molar-refractivity contribution in [3.8, 4) is 0 Å². The molecule has 0 saturated heterocycles. The molecule has 0 radical (unpaired) electrons. The number of hydrogen-bond donors (Lipinski definition) is 2. The van der Waals surface area contributed by atoms with Crippen LogP contribution in [0.5, 0.6) is 0 Å². The fourth-order valence-corrected chi connectivity index (χ4v) is 0.455. The zero-order chi connectivity index (χ0) is 7.44. The quantitative estimate of drug-likeness (QED) is 0.440. The maximum atomic E-state index is 10.5. The van der Waals surface area contributed by atoms with E-state index in [4.69, 9.17) is 5.73 Å². The molecule has 2 N–H and O–H groups in total. The summed E-state index contributed by atoms with van der Waals surface area (Å²) >= 11 is 3.32. The van der Waals surface area contributed by atoms with Crippen molar-refractivity contribution in [3.05, 3.63) is 0 Å². The van der Waals surface area contributed by atoms with Crippen LogP contribution in [0, 0.1) is 5.92 Å². The van der Waals surface area contributed by atoms with Crippen LogP contribution in [0.2, 0.25) is 0 Å².